The zero-order valence-electron chi connectivity index (χ0n) is 6.89. The maximum Gasteiger partial charge on any atom is 0.0726 e. The Morgan fingerprint density at radius 3 is 3.00 bits per heavy atom. The van der Waals surface area contributed by atoms with Gasteiger partial charge < -0.3 is 10.1 Å². The van der Waals surface area contributed by atoms with Crippen molar-refractivity contribution in [2.75, 3.05) is 13.2 Å². The summed E-state index contributed by atoms with van der Waals surface area (Å²) in [6.07, 6.45) is 2.94. The van der Waals surface area contributed by atoms with Crippen molar-refractivity contribution in [3.8, 4) is 0 Å². The van der Waals surface area contributed by atoms with Gasteiger partial charge >= 0.3 is 0 Å². The van der Waals surface area contributed by atoms with Gasteiger partial charge in [-0.05, 0) is 26.3 Å². The van der Waals surface area contributed by atoms with Gasteiger partial charge in [0.2, 0.25) is 0 Å². The molecule has 1 aliphatic rings. The maximum atomic E-state index is 5.50. The molecule has 10 heavy (non-hydrogen) atoms. The Morgan fingerprint density at radius 2 is 2.50 bits per heavy atom. The molecule has 1 rings (SSSR count). The van der Waals surface area contributed by atoms with Crippen LogP contribution in [0, 0.1) is 0 Å². The zero-order valence-corrected chi connectivity index (χ0v) is 6.89. The molecule has 0 aromatic carbocycles. The Labute approximate surface area is 63.0 Å². The van der Waals surface area contributed by atoms with Gasteiger partial charge in [-0.3, -0.25) is 0 Å². The van der Waals surface area contributed by atoms with Crippen LogP contribution in [0.4, 0.5) is 0 Å². The molecule has 60 valence electrons. The molecule has 0 spiro atoms. The average molecular weight is 143 g/mol. The summed E-state index contributed by atoms with van der Waals surface area (Å²) in [6, 6.07) is 0.535. The number of ether oxygens (including phenoxy) is 1. The van der Waals surface area contributed by atoms with Crippen LogP contribution in [-0.2, 0) is 4.74 Å². The van der Waals surface area contributed by atoms with Crippen LogP contribution in [-0.4, -0.2) is 25.3 Å². The lowest BCUT2D eigenvalue weighted by Crippen LogP contribution is -2.36. The molecule has 0 aromatic heterocycles. The Balaban J connectivity index is 2.18. The third-order valence-corrected chi connectivity index (χ3v) is 2.05. The number of hydrogen-bond acceptors (Lipinski definition) is 2. The van der Waals surface area contributed by atoms with Crippen LogP contribution >= 0.6 is 0 Å². The van der Waals surface area contributed by atoms with E-state index in [2.05, 4.69) is 19.2 Å². The predicted molar refractivity (Wildman–Crippen MR) is 42.1 cm³/mol. The van der Waals surface area contributed by atoms with Crippen molar-refractivity contribution in [2.24, 2.45) is 0 Å². The highest BCUT2D eigenvalue weighted by molar-refractivity contribution is 4.75. The molecule has 2 atom stereocenters. The minimum absolute atomic E-state index is 0.472. The number of nitrogens with one attached hydrogen (secondary N) is 1. The lowest BCUT2D eigenvalue weighted by molar-refractivity contribution is 0.0843. The van der Waals surface area contributed by atoms with Gasteiger partial charge in [-0.2, -0.15) is 0 Å². The van der Waals surface area contributed by atoms with Gasteiger partial charge in [0, 0.05) is 12.6 Å². The summed E-state index contributed by atoms with van der Waals surface area (Å²) in [7, 11) is 0. The Bertz CT molecular complexity index is 89.3. The van der Waals surface area contributed by atoms with E-state index in [9.17, 15) is 0 Å². The smallest absolute Gasteiger partial charge is 0.0726 e. The SMILES string of the molecule is CCNC(C)C1CCCO1. The molecule has 1 saturated heterocycles. The van der Waals surface area contributed by atoms with E-state index in [0.717, 1.165) is 13.2 Å². The number of hydrogen-bond donors (Lipinski definition) is 1. The van der Waals surface area contributed by atoms with Crippen LogP contribution in [0.5, 0.6) is 0 Å². The van der Waals surface area contributed by atoms with Crippen LogP contribution < -0.4 is 5.32 Å². The largest absolute Gasteiger partial charge is 0.377 e. The van der Waals surface area contributed by atoms with Gasteiger partial charge in [0.25, 0.3) is 0 Å². The van der Waals surface area contributed by atoms with Crippen LogP contribution in [0.1, 0.15) is 26.7 Å². The van der Waals surface area contributed by atoms with E-state index >= 15 is 0 Å². The Kier molecular flexibility index (Phi) is 3.16. The van der Waals surface area contributed by atoms with E-state index in [-0.39, 0.29) is 0 Å². The maximum absolute atomic E-state index is 5.50. The van der Waals surface area contributed by atoms with E-state index in [0.29, 0.717) is 12.1 Å². The van der Waals surface area contributed by atoms with Gasteiger partial charge in [-0.15, -0.1) is 0 Å². The van der Waals surface area contributed by atoms with Crippen molar-refractivity contribution in [2.45, 2.75) is 38.8 Å². The first-order valence-electron chi connectivity index (χ1n) is 4.19. The lowest BCUT2D eigenvalue weighted by Gasteiger charge is -2.18. The van der Waals surface area contributed by atoms with Crippen molar-refractivity contribution in [3.05, 3.63) is 0 Å². The molecule has 1 aliphatic heterocycles. The van der Waals surface area contributed by atoms with Crippen LogP contribution in [0.15, 0.2) is 0 Å². The molecule has 2 heteroatoms. The van der Waals surface area contributed by atoms with E-state index in [4.69, 9.17) is 4.74 Å². The molecule has 0 radical (unpaired) electrons. The van der Waals surface area contributed by atoms with E-state index in [1.54, 1.807) is 0 Å². The molecule has 0 bridgehead atoms. The molecular formula is C8H17NO. The third-order valence-electron chi connectivity index (χ3n) is 2.05. The molecule has 2 nitrogen and oxygen atoms in total. The molecule has 0 aromatic rings. The topological polar surface area (TPSA) is 21.3 Å². The molecule has 1 heterocycles. The quantitative estimate of drug-likeness (QED) is 0.640. The van der Waals surface area contributed by atoms with Crippen LogP contribution in [0.25, 0.3) is 0 Å². The van der Waals surface area contributed by atoms with Gasteiger partial charge in [0.05, 0.1) is 6.10 Å². The molecule has 0 saturated carbocycles. The second-order valence-corrected chi connectivity index (χ2v) is 2.90. The highest BCUT2D eigenvalue weighted by Gasteiger charge is 2.20. The summed E-state index contributed by atoms with van der Waals surface area (Å²) in [5.74, 6) is 0. The van der Waals surface area contributed by atoms with Crippen molar-refractivity contribution >= 4 is 0 Å². The fourth-order valence-corrected chi connectivity index (χ4v) is 1.45. The highest BCUT2D eigenvalue weighted by atomic mass is 16.5. The normalized spacial score (nSPS) is 28.8. The van der Waals surface area contributed by atoms with Crippen molar-refractivity contribution in [3.63, 3.8) is 0 Å². The number of likely N-dealkylation sites (N-methyl/N-ethyl adjacent to an activating group) is 1. The molecule has 1 N–H and O–H groups in total. The van der Waals surface area contributed by atoms with Crippen LogP contribution in [0.3, 0.4) is 0 Å². The lowest BCUT2D eigenvalue weighted by atomic mass is 10.1. The first-order chi connectivity index (χ1) is 4.84. The Hall–Kier alpha value is -0.0800. The van der Waals surface area contributed by atoms with Gasteiger partial charge in [0.1, 0.15) is 0 Å². The van der Waals surface area contributed by atoms with Gasteiger partial charge in [-0.1, -0.05) is 6.92 Å². The zero-order chi connectivity index (χ0) is 7.40. The minimum atomic E-state index is 0.472. The van der Waals surface area contributed by atoms with Gasteiger partial charge in [-0.25, -0.2) is 0 Å². The molecule has 2 unspecified atom stereocenters. The van der Waals surface area contributed by atoms with Gasteiger partial charge in [0.15, 0.2) is 0 Å². The summed E-state index contributed by atoms with van der Waals surface area (Å²) in [4.78, 5) is 0. The number of rotatable bonds is 3. The van der Waals surface area contributed by atoms with E-state index in [1.807, 2.05) is 0 Å². The van der Waals surface area contributed by atoms with Crippen molar-refractivity contribution in [1.29, 1.82) is 0 Å². The molecule has 1 fully saturated rings. The predicted octanol–water partition coefficient (Wildman–Crippen LogP) is 1.16. The second-order valence-electron chi connectivity index (χ2n) is 2.90. The van der Waals surface area contributed by atoms with Crippen LogP contribution in [0.2, 0.25) is 0 Å². The van der Waals surface area contributed by atoms with Crippen molar-refractivity contribution < 1.29 is 4.74 Å². The fraction of sp³-hybridized carbons (Fsp3) is 1.00. The van der Waals surface area contributed by atoms with E-state index < -0.39 is 0 Å². The summed E-state index contributed by atoms with van der Waals surface area (Å²) >= 11 is 0. The fourth-order valence-electron chi connectivity index (χ4n) is 1.45. The summed E-state index contributed by atoms with van der Waals surface area (Å²) in [6.45, 7) is 6.33. The minimum Gasteiger partial charge on any atom is -0.377 e. The Morgan fingerprint density at radius 1 is 1.70 bits per heavy atom. The highest BCUT2D eigenvalue weighted by Crippen LogP contribution is 2.14. The monoisotopic (exact) mass is 143 g/mol. The molecular weight excluding hydrogens is 126 g/mol. The standard InChI is InChI=1S/C8H17NO/c1-3-9-7(2)8-5-4-6-10-8/h7-9H,3-6H2,1-2H3. The van der Waals surface area contributed by atoms with Crippen molar-refractivity contribution in [1.82, 2.24) is 5.32 Å². The first kappa shape index (κ1) is 8.02. The van der Waals surface area contributed by atoms with E-state index in [1.165, 1.54) is 12.8 Å². The second kappa shape index (κ2) is 3.94. The average Bonchev–Trinajstić information content (AvgIpc) is 2.38. The summed E-state index contributed by atoms with van der Waals surface area (Å²) in [5.41, 5.74) is 0. The molecule has 0 aliphatic carbocycles. The summed E-state index contributed by atoms with van der Waals surface area (Å²) < 4.78 is 5.50. The summed E-state index contributed by atoms with van der Waals surface area (Å²) in [5, 5.41) is 3.36. The molecule has 0 amide bonds. The first-order valence-corrected chi connectivity index (χ1v) is 4.19. The third kappa shape index (κ3) is 1.96.